The second-order valence-electron chi connectivity index (χ2n) is 9.79. The lowest BCUT2D eigenvalue weighted by Crippen LogP contribution is -2.45. The molecule has 2 aromatic rings. The first-order valence-electron chi connectivity index (χ1n) is 11.9. The van der Waals surface area contributed by atoms with E-state index in [2.05, 4.69) is 29.1 Å². The molecule has 0 radical (unpaired) electrons. The van der Waals surface area contributed by atoms with E-state index in [1.165, 1.54) is 12.8 Å². The van der Waals surface area contributed by atoms with Crippen LogP contribution < -0.4 is 5.32 Å². The molecule has 2 aliphatic carbocycles. The first-order valence-corrected chi connectivity index (χ1v) is 11.9. The summed E-state index contributed by atoms with van der Waals surface area (Å²) in [6, 6.07) is 3.93. The molecule has 2 saturated carbocycles. The fraction of sp³-hybridized carbons (Fsp3) is 0.500. The minimum atomic E-state index is -0.591. The van der Waals surface area contributed by atoms with Crippen LogP contribution in [0.15, 0.2) is 27.7 Å². The number of carbonyl (C=O) groups is 1. The number of aromatic nitrogens is 1. The predicted molar refractivity (Wildman–Crippen MR) is 128 cm³/mol. The lowest BCUT2D eigenvalue weighted by atomic mass is 9.63. The van der Waals surface area contributed by atoms with Crippen molar-refractivity contribution in [2.75, 3.05) is 11.9 Å². The molecule has 0 aromatic carbocycles. The fourth-order valence-corrected chi connectivity index (χ4v) is 6.05. The number of ether oxygens (including phenoxy) is 1. The van der Waals surface area contributed by atoms with Crippen LogP contribution in [0, 0.1) is 23.7 Å². The summed E-state index contributed by atoms with van der Waals surface area (Å²) < 4.78 is 11.3. The number of fused-ring (bicyclic) bond motifs is 3. The molecular formula is C26H31N3O4. The highest BCUT2D eigenvalue weighted by atomic mass is 16.5. The van der Waals surface area contributed by atoms with Crippen molar-refractivity contribution < 1.29 is 19.1 Å². The molecule has 0 saturated heterocycles. The summed E-state index contributed by atoms with van der Waals surface area (Å²) in [5, 5.41) is 14.5. The number of furan rings is 1. The summed E-state index contributed by atoms with van der Waals surface area (Å²) in [5.41, 5.74) is 1.67. The van der Waals surface area contributed by atoms with Crippen LogP contribution in [0.3, 0.4) is 0 Å². The Balaban J connectivity index is 1.50. The standard InChI is InChI=1S/C26H31N3O4/c1-4-32-26(31)21-23(30)20(12-18-13-28-24-19(18)6-5-7-27-24)33-25(21)29-22-15(3)10-16-8-14(2)9-17(22)11-16/h5-7,12-17,22,29-30H,4,8-11H2,1-3H3. The number of nitrogens with zero attached hydrogens (tertiary/aromatic N) is 2. The molecule has 2 N–H and O–H groups in total. The summed E-state index contributed by atoms with van der Waals surface area (Å²) >= 11 is 0. The number of anilines is 1. The largest absolute Gasteiger partial charge is 0.504 e. The van der Waals surface area contributed by atoms with Crippen molar-refractivity contribution >= 4 is 35.5 Å². The van der Waals surface area contributed by atoms with E-state index >= 15 is 0 Å². The number of carbonyl (C=O) groups excluding carboxylic acids is 1. The lowest BCUT2D eigenvalue weighted by Gasteiger charge is -2.46. The number of aliphatic imine (C=N–C) groups is 1. The molecule has 0 amide bonds. The second-order valence-corrected chi connectivity index (χ2v) is 9.79. The van der Waals surface area contributed by atoms with Crippen molar-refractivity contribution in [2.45, 2.75) is 52.5 Å². The zero-order valence-electron chi connectivity index (χ0n) is 19.4. The van der Waals surface area contributed by atoms with E-state index in [0.717, 1.165) is 29.9 Å². The van der Waals surface area contributed by atoms with Crippen molar-refractivity contribution in [1.82, 2.24) is 4.98 Å². The SMILES string of the molecule is CCOC(=O)c1c(NC2C(C)CC3CC(C)CC2C3)oc(C=C2C=Nc3ncccc32)c1O. The molecule has 3 aliphatic rings. The Morgan fingerprint density at radius 1 is 1.30 bits per heavy atom. The van der Waals surface area contributed by atoms with E-state index < -0.39 is 5.97 Å². The van der Waals surface area contributed by atoms with Gasteiger partial charge in [-0.05, 0) is 74.5 Å². The molecule has 3 heterocycles. The van der Waals surface area contributed by atoms with Crippen LogP contribution in [0.4, 0.5) is 11.7 Å². The van der Waals surface area contributed by atoms with Gasteiger partial charge in [0.25, 0.3) is 0 Å². The number of hydrogen-bond acceptors (Lipinski definition) is 7. The Morgan fingerprint density at radius 2 is 2.15 bits per heavy atom. The van der Waals surface area contributed by atoms with Gasteiger partial charge in [0.05, 0.1) is 6.61 Å². The van der Waals surface area contributed by atoms with Gasteiger partial charge in [-0.2, -0.15) is 0 Å². The van der Waals surface area contributed by atoms with E-state index in [4.69, 9.17) is 9.15 Å². The van der Waals surface area contributed by atoms with Gasteiger partial charge in [-0.3, -0.25) is 0 Å². The highest BCUT2D eigenvalue weighted by Gasteiger charge is 2.41. The molecule has 5 atom stereocenters. The van der Waals surface area contributed by atoms with E-state index in [1.54, 1.807) is 25.4 Å². The zero-order chi connectivity index (χ0) is 23.1. The number of allylic oxidation sites excluding steroid dienone is 1. The maximum Gasteiger partial charge on any atom is 0.347 e. The Labute approximate surface area is 194 Å². The third-order valence-corrected chi connectivity index (χ3v) is 7.30. The van der Waals surface area contributed by atoms with Crippen LogP contribution in [0.1, 0.15) is 68.1 Å². The molecule has 174 valence electrons. The first-order chi connectivity index (χ1) is 15.9. The zero-order valence-corrected chi connectivity index (χ0v) is 19.4. The quantitative estimate of drug-likeness (QED) is 0.570. The minimum Gasteiger partial charge on any atom is -0.504 e. The monoisotopic (exact) mass is 449 g/mol. The summed E-state index contributed by atoms with van der Waals surface area (Å²) in [7, 11) is 0. The Kier molecular flexibility index (Phi) is 5.72. The van der Waals surface area contributed by atoms with E-state index in [1.807, 2.05) is 12.1 Å². The van der Waals surface area contributed by atoms with Crippen LogP contribution in [0.2, 0.25) is 0 Å². The second kappa shape index (κ2) is 8.69. The number of esters is 1. The third kappa shape index (κ3) is 4.05. The highest BCUT2D eigenvalue weighted by molar-refractivity contribution is 6.21. The smallest absolute Gasteiger partial charge is 0.347 e. The first kappa shape index (κ1) is 21.7. The van der Waals surface area contributed by atoms with Crippen LogP contribution in [0.5, 0.6) is 5.75 Å². The highest BCUT2D eigenvalue weighted by Crippen LogP contribution is 2.47. The Bertz CT molecular complexity index is 1110. The summed E-state index contributed by atoms with van der Waals surface area (Å²) in [6.45, 7) is 6.56. The number of hydrogen-bond donors (Lipinski definition) is 2. The van der Waals surface area contributed by atoms with E-state index in [-0.39, 0.29) is 35.6 Å². The summed E-state index contributed by atoms with van der Waals surface area (Å²) in [6.07, 6.45) is 9.90. The average molecular weight is 450 g/mol. The van der Waals surface area contributed by atoms with Gasteiger partial charge in [0, 0.05) is 29.6 Å². The number of pyridine rings is 1. The van der Waals surface area contributed by atoms with Crippen molar-refractivity contribution in [2.24, 2.45) is 28.7 Å². The minimum absolute atomic E-state index is 0.0585. The van der Waals surface area contributed by atoms with Crippen LogP contribution in [-0.4, -0.2) is 34.9 Å². The Hall–Kier alpha value is -3.09. The number of nitrogens with one attached hydrogen (secondary N) is 1. The summed E-state index contributed by atoms with van der Waals surface area (Å²) in [4.78, 5) is 21.3. The third-order valence-electron chi connectivity index (χ3n) is 7.30. The van der Waals surface area contributed by atoms with Gasteiger partial charge in [0.2, 0.25) is 5.88 Å². The molecule has 2 bridgehead atoms. The molecule has 5 rings (SSSR count). The average Bonchev–Trinajstić information content (AvgIpc) is 3.32. The summed E-state index contributed by atoms with van der Waals surface area (Å²) in [5.74, 6) is 2.75. The molecule has 33 heavy (non-hydrogen) atoms. The van der Waals surface area contributed by atoms with Gasteiger partial charge in [0.1, 0.15) is 0 Å². The number of aromatic hydroxyl groups is 1. The van der Waals surface area contributed by atoms with Crippen molar-refractivity contribution in [3.63, 3.8) is 0 Å². The fourth-order valence-electron chi connectivity index (χ4n) is 6.05. The molecule has 0 spiro atoms. The van der Waals surface area contributed by atoms with Gasteiger partial charge < -0.3 is 19.6 Å². The van der Waals surface area contributed by atoms with Gasteiger partial charge in [-0.15, -0.1) is 0 Å². The topological polar surface area (TPSA) is 97.0 Å². The molecule has 2 aromatic heterocycles. The van der Waals surface area contributed by atoms with Crippen LogP contribution in [-0.2, 0) is 4.74 Å². The maximum atomic E-state index is 12.8. The van der Waals surface area contributed by atoms with Gasteiger partial charge in [-0.25, -0.2) is 14.8 Å². The van der Waals surface area contributed by atoms with Gasteiger partial charge in [0.15, 0.2) is 22.9 Å². The molecule has 1 aliphatic heterocycles. The maximum absolute atomic E-state index is 12.8. The van der Waals surface area contributed by atoms with Crippen LogP contribution >= 0.6 is 0 Å². The van der Waals surface area contributed by atoms with Crippen molar-refractivity contribution in [1.29, 1.82) is 0 Å². The normalized spacial score (nSPS) is 29.2. The van der Waals surface area contributed by atoms with Gasteiger partial charge >= 0.3 is 5.97 Å². The van der Waals surface area contributed by atoms with Crippen molar-refractivity contribution in [3.8, 4) is 5.75 Å². The van der Waals surface area contributed by atoms with E-state index in [0.29, 0.717) is 23.6 Å². The van der Waals surface area contributed by atoms with Gasteiger partial charge in [-0.1, -0.05) is 13.8 Å². The number of rotatable bonds is 5. The predicted octanol–water partition coefficient (Wildman–Crippen LogP) is 5.69. The molecule has 2 fully saturated rings. The van der Waals surface area contributed by atoms with Crippen molar-refractivity contribution in [3.05, 3.63) is 35.2 Å². The molecule has 7 nitrogen and oxygen atoms in total. The van der Waals surface area contributed by atoms with Crippen LogP contribution in [0.25, 0.3) is 11.6 Å². The Morgan fingerprint density at radius 3 is 2.97 bits per heavy atom. The molecular weight excluding hydrogens is 418 g/mol. The molecule has 5 unspecified atom stereocenters. The van der Waals surface area contributed by atoms with E-state index in [9.17, 15) is 9.90 Å². The molecule has 7 heteroatoms. The lowest BCUT2D eigenvalue weighted by molar-refractivity contribution is 0.0523.